The van der Waals surface area contributed by atoms with Gasteiger partial charge in [-0.25, -0.2) is 0 Å². The number of aromatic nitrogens is 1. The Balaban J connectivity index is 1.64. The molecule has 12 heteroatoms. The highest BCUT2D eigenvalue weighted by molar-refractivity contribution is 6.38. The molecule has 0 unspecified atom stereocenters. The maximum Gasteiger partial charge on any atom is 0.289 e. The minimum absolute atomic E-state index is 0.0179. The van der Waals surface area contributed by atoms with Gasteiger partial charge >= 0.3 is 0 Å². The van der Waals surface area contributed by atoms with Gasteiger partial charge in [0.15, 0.2) is 0 Å². The van der Waals surface area contributed by atoms with E-state index in [0.29, 0.717) is 27.6 Å². The summed E-state index contributed by atoms with van der Waals surface area (Å²) in [6, 6.07) is 11.7. The van der Waals surface area contributed by atoms with Crippen LogP contribution >= 0.6 is 0 Å². The largest absolute Gasteiger partial charge is 0.366 e. The molecule has 2 aromatic carbocycles. The van der Waals surface area contributed by atoms with Crippen LogP contribution in [-0.2, 0) is 25.7 Å². The van der Waals surface area contributed by atoms with Gasteiger partial charge < -0.3 is 27.0 Å². The van der Waals surface area contributed by atoms with E-state index in [0.717, 1.165) is 0 Å². The molecule has 3 aromatic rings. The fourth-order valence-corrected chi connectivity index (χ4v) is 4.55. The number of rotatable bonds is 12. The van der Waals surface area contributed by atoms with Crippen LogP contribution in [0, 0.1) is 11.3 Å². The molecule has 0 aliphatic carbocycles. The number of fused-ring (bicyclic) bond motifs is 1. The topological polar surface area (TPSA) is 189 Å². The Morgan fingerprint density at radius 2 is 1.47 bits per heavy atom. The van der Waals surface area contributed by atoms with Crippen LogP contribution in [0.3, 0.4) is 0 Å². The van der Waals surface area contributed by atoms with Gasteiger partial charge in [-0.1, -0.05) is 65.0 Å². The average Bonchev–Trinajstić information content (AvgIpc) is 2.99. The van der Waals surface area contributed by atoms with Crippen molar-refractivity contribution in [1.82, 2.24) is 26.3 Å². The van der Waals surface area contributed by atoms with Crippen LogP contribution in [0.2, 0.25) is 0 Å². The molecule has 1 aromatic heterocycles. The van der Waals surface area contributed by atoms with E-state index in [1.165, 1.54) is 25.3 Å². The third-order valence-corrected chi connectivity index (χ3v) is 7.21. The van der Waals surface area contributed by atoms with Gasteiger partial charge in [-0.2, -0.15) is 0 Å². The molecule has 238 valence electrons. The summed E-state index contributed by atoms with van der Waals surface area (Å²) in [5.74, 6) is -4.52. The highest BCUT2D eigenvalue weighted by Crippen LogP contribution is 2.22. The Labute approximate surface area is 261 Å². The maximum absolute atomic E-state index is 13.4. The van der Waals surface area contributed by atoms with E-state index < -0.39 is 64.8 Å². The van der Waals surface area contributed by atoms with Gasteiger partial charge in [0.05, 0.1) is 17.1 Å². The fourth-order valence-electron chi connectivity index (χ4n) is 4.55. The van der Waals surface area contributed by atoms with Crippen molar-refractivity contribution in [2.75, 3.05) is 0 Å². The Hall–Kier alpha value is -5.13. The molecule has 0 spiro atoms. The van der Waals surface area contributed by atoms with Crippen LogP contribution < -0.4 is 27.0 Å². The summed E-state index contributed by atoms with van der Waals surface area (Å²) in [6.07, 6.45) is 1.52. The van der Waals surface area contributed by atoms with Gasteiger partial charge in [-0.3, -0.25) is 33.8 Å². The summed E-state index contributed by atoms with van der Waals surface area (Å²) in [7, 11) is 0. The summed E-state index contributed by atoms with van der Waals surface area (Å²) in [5.41, 5.74) is 6.44. The number of carbonyl (C=O) groups excluding carboxylic acids is 6. The summed E-state index contributed by atoms with van der Waals surface area (Å²) < 4.78 is 0. The monoisotopic (exact) mass is 616 g/mol. The molecule has 0 saturated carbocycles. The lowest BCUT2D eigenvalue weighted by molar-refractivity contribution is -0.141. The Morgan fingerprint density at radius 1 is 0.822 bits per heavy atom. The van der Waals surface area contributed by atoms with E-state index in [1.54, 1.807) is 71.0 Å². The molecule has 0 fully saturated rings. The molecule has 0 aliphatic heterocycles. The Morgan fingerprint density at radius 3 is 2.07 bits per heavy atom. The van der Waals surface area contributed by atoms with Gasteiger partial charge in [0, 0.05) is 23.7 Å². The zero-order valence-corrected chi connectivity index (χ0v) is 26.3. The lowest BCUT2D eigenvalue weighted by atomic mass is 9.85. The average molecular weight is 617 g/mol. The number of nitrogens with one attached hydrogen (secondary N) is 4. The Kier molecular flexibility index (Phi) is 11.1. The van der Waals surface area contributed by atoms with Gasteiger partial charge in [0.25, 0.3) is 11.8 Å². The van der Waals surface area contributed by atoms with Gasteiger partial charge in [0.1, 0.15) is 12.1 Å². The van der Waals surface area contributed by atoms with Crippen LogP contribution in [0.1, 0.15) is 67.8 Å². The predicted molar refractivity (Wildman–Crippen MR) is 169 cm³/mol. The summed E-state index contributed by atoms with van der Waals surface area (Å²) in [5, 5.41) is 11.2. The first-order valence-corrected chi connectivity index (χ1v) is 14.6. The molecule has 0 aliphatic rings. The number of Topliss-reactive ketones (excluding diaryl/α,β-unsaturated/α-hetero) is 1. The number of ketones is 1. The molecule has 45 heavy (non-hydrogen) atoms. The van der Waals surface area contributed by atoms with E-state index in [4.69, 9.17) is 5.73 Å². The maximum atomic E-state index is 13.4. The number of nitrogens with zero attached hydrogens (tertiary/aromatic N) is 1. The SMILES string of the molecule is CC(C)[C@H](NC(=O)[C@H](C)NC(=O)[C@@H](NC(=O)c1ccnc2ccccc12)C(C)(C)C)C(=O)C(=O)NCc1ccc(C(N)=O)cc1. The highest BCUT2D eigenvalue weighted by Gasteiger charge is 2.36. The van der Waals surface area contributed by atoms with Gasteiger partial charge in [-0.05, 0) is 48.1 Å². The lowest BCUT2D eigenvalue weighted by Gasteiger charge is -2.31. The second kappa shape index (κ2) is 14.6. The van der Waals surface area contributed by atoms with Crippen LogP contribution in [0.4, 0.5) is 0 Å². The van der Waals surface area contributed by atoms with E-state index in [2.05, 4.69) is 26.3 Å². The number of amides is 5. The van der Waals surface area contributed by atoms with Crippen molar-refractivity contribution >= 4 is 46.2 Å². The van der Waals surface area contributed by atoms with E-state index in [-0.39, 0.29) is 6.54 Å². The number of hydrogen-bond acceptors (Lipinski definition) is 7. The lowest BCUT2D eigenvalue weighted by Crippen LogP contribution is -2.59. The number of para-hydroxylation sites is 1. The minimum Gasteiger partial charge on any atom is -0.366 e. The van der Waals surface area contributed by atoms with E-state index >= 15 is 0 Å². The normalized spacial score (nSPS) is 13.3. The van der Waals surface area contributed by atoms with Crippen molar-refractivity contribution < 1.29 is 28.8 Å². The number of nitrogens with two attached hydrogens (primary N) is 1. The summed E-state index contributed by atoms with van der Waals surface area (Å²) in [6.45, 7) is 10.2. The second-order valence-corrected chi connectivity index (χ2v) is 12.2. The summed E-state index contributed by atoms with van der Waals surface area (Å²) in [4.78, 5) is 81.0. The molecular weight excluding hydrogens is 576 g/mol. The standard InChI is InChI=1S/C33H40N6O6/c1-18(2)25(26(40)31(44)36-17-20-11-13-21(14-12-20)28(34)41)38-29(42)19(3)37-32(45)27(33(4,5)6)39-30(43)23-15-16-35-24-10-8-7-9-22(23)24/h7-16,18-19,25,27H,17H2,1-6H3,(H2,34,41)(H,36,44)(H,37,45)(H,38,42)(H,39,43)/t19-,25-,27+/m0/s1. The first kappa shape index (κ1) is 34.4. The van der Waals surface area contributed by atoms with Crippen molar-refractivity contribution in [3.05, 3.63) is 77.5 Å². The molecule has 0 bridgehead atoms. The van der Waals surface area contributed by atoms with Crippen LogP contribution in [0.25, 0.3) is 10.9 Å². The van der Waals surface area contributed by atoms with Gasteiger partial charge in [-0.15, -0.1) is 0 Å². The molecule has 0 radical (unpaired) electrons. The van der Waals surface area contributed by atoms with Crippen molar-refractivity contribution in [3.8, 4) is 0 Å². The first-order valence-electron chi connectivity index (χ1n) is 14.6. The molecule has 3 rings (SSSR count). The number of carbonyl (C=O) groups is 6. The zero-order chi connectivity index (χ0) is 33.5. The predicted octanol–water partition coefficient (Wildman–Crippen LogP) is 2.01. The molecule has 5 amide bonds. The quantitative estimate of drug-likeness (QED) is 0.192. The highest BCUT2D eigenvalue weighted by atomic mass is 16.2. The van der Waals surface area contributed by atoms with Crippen LogP contribution in [0.5, 0.6) is 0 Å². The minimum atomic E-state index is -1.16. The zero-order valence-electron chi connectivity index (χ0n) is 26.3. The molecule has 6 N–H and O–H groups in total. The second-order valence-electron chi connectivity index (χ2n) is 12.2. The van der Waals surface area contributed by atoms with E-state index in [9.17, 15) is 28.8 Å². The molecule has 0 saturated heterocycles. The van der Waals surface area contributed by atoms with Crippen LogP contribution in [0.15, 0.2) is 60.8 Å². The fraction of sp³-hybridized carbons (Fsp3) is 0.364. The van der Waals surface area contributed by atoms with Crippen molar-refractivity contribution in [1.29, 1.82) is 0 Å². The van der Waals surface area contributed by atoms with E-state index in [1.807, 2.05) is 6.07 Å². The Bertz CT molecular complexity index is 1590. The third kappa shape index (κ3) is 8.94. The van der Waals surface area contributed by atoms with Gasteiger partial charge in [0.2, 0.25) is 23.5 Å². The number of hydrogen-bond donors (Lipinski definition) is 5. The third-order valence-electron chi connectivity index (χ3n) is 7.21. The molecule has 3 atom stereocenters. The van der Waals surface area contributed by atoms with Crippen molar-refractivity contribution in [2.24, 2.45) is 17.1 Å². The first-order chi connectivity index (χ1) is 21.1. The molecule has 1 heterocycles. The molecular formula is C33H40N6O6. The number of benzene rings is 2. The molecule has 12 nitrogen and oxygen atoms in total. The summed E-state index contributed by atoms with van der Waals surface area (Å²) >= 11 is 0. The van der Waals surface area contributed by atoms with Crippen molar-refractivity contribution in [3.63, 3.8) is 0 Å². The number of pyridine rings is 1. The smallest absolute Gasteiger partial charge is 0.289 e. The van der Waals surface area contributed by atoms with Crippen molar-refractivity contribution in [2.45, 2.75) is 66.2 Å². The van der Waals surface area contributed by atoms with Crippen LogP contribution in [-0.4, -0.2) is 58.4 Å². The number of primary amides is 1.